The fourth-order valence-electron chi connectivity index (χ4n) is 4.87. The van der Waals surface area contributed by atoms with Gasteiger partial charge < -0.3 is 20.1 Å². The van der Waals surface area contributed by atoms with E-state index in [0.29, 0.717) is 31.6 Å². The number of likely N-dealkylation sites (tertiary alicyclic amines) is 1. The Kier molecular flexibility index (Phi) is 7.77. The molecule has 0 spiro atoms. The molecule has 2 amide bonds. The van der Waals surface area contributed by atoms with Gasteiger partial charge in [0.15, 0.2) is 0 Å². The normalized spacial score (nSPS) is 18.0. The highest BCUT2D eigenvalue weighted by atomic mass is 32.2. The van der Waals surface area contributed by atoms with Crippen molar-refractivity contribution in [2.75, 3.05) is 31.7 Å². The average Bonchev–Trinajstić information content (AvgIpc) is 3.18. The number of alkyl carbamates (subject to hydrolysis) is 1. The number of carbonyl (C=O) groups is 3. The van der Waals surface area contributed by atoms with E-state index in [1.165, 1.54) is 0 Å². The Bertz CT molecular complexity index is 1010. The van der Waals surface area contributed by atoms with Crippen molar-refractivity contribution < 1.29 is 24.2 Å². The van der Waals surface area contributed by atoms with Crippen molar-refractivity contribution in [2.24, 2.45) is 5.92 Å². The van der Waals surface area contributed by atoms with Gasteiger partial charge in [0.05, 0.1) is 5.92 Å². The lowest BCUT2D eigenvalue weighted by atomic mass is 9.97. The van der Waals surface area contributed by atoms with Gasteiger partial charge in [0.25, 0.3) is 0 Å². The molecule has 0 radical (unpaired) electrons. The maximum Gasteiger partial charge on any atom is 0.407 e. The van der Waals surface area contributed by atoms with Crippen LogP contribution < -0.4 is 5.32 Å². The molecule has 1 saturated heterocycles. The van der Waals surface area contributed by atoms with Crippen LogP contribution in [0.25, 0.3) is 11.1 Å². The number of fused-ring (bicyclic) bond motifs is 3. The molecule has 8 heteroatoms. The second kappa shape index (κ2) is 11.0. The number of amides is 2. The van der Waals surface area contributed by atoms with Gasteiger partial charge in [0.2, 0.25) is 5.91 Å². The Balaban J connectivity index is 1.41. The fraction of sp³-hybridized carbons (Fsp3) is 0.423. The van der Waals surface area contributed by atoms with Crippen LogP contribution in [0.3, 0.4) is 0 Å². The van der Waals surface area contributed by atoms with Crippen LogP contribution in [0.15, 0.2) is 48.5 Å². The number of piperidine rings is 1. The molecular formula is C26H30N2O5S. The Morgan fingerprint density at radius 2 is 1.76 bits per heavy atom. The second-order valence-corrected chi connectivity index (χ2v) is 9.75. The molecule has 0 saturated carbocycles. The lowest BCUT2D eigenvalue weighted by Gasteiger charge is -2.33. The van der Waals surface area contributed by atoms with Crippen LogP contribution >= 0.6 is 11.8 Å². The number of benzene rings is 2. The van der Waals surface area contributed by atoms with Gasteiger partial charge in [-0.25, -0.2) is 4.79 Å². The van der Waals surface area contributed by atoms with Gasteiger partial charge in [-0.1, -0.05) is 48.5 Å². The molecule has 0 aromatic heterocycles. The van der Waals surface area contributed by atoms with E-state index >= 15 is 0 Å². The van der Waals surface area contributed by atoms with E-state index in [1.807, 2.05) is 30.5 Å². The Hall–Kier alpha value is -3.00. The van der Waals surface area contributed by atoms with Crippen molar-refractivity contribution in [1.82, 2.24) is 10.2 Å². The number of hydrogen-bond donors (Lipinski definition) is 2. The summed E-state index contributed by atoms with van der Waals surface area (Å²) < 4.78 is 5.63. The summed E-state index contributed by atoms with van der Waals surface area (Å²) in [5.41, 5.74) is 4.55. The summed E-state index contributed by atoms with van der Waals surface area (Å²) in [6, 6.07) is 15.5. The van der Waals surface area contributed by atoms with E-state index in [9.17, 15) is 19.5 Å². The number of aliphatic carboxylic acids is 1. The number of carboxylic acids is 1. The molecule has 2 aromatic rings. The largest absolute Gasteiger partial charge is 0.481 e. The fourth-order valence-corrected chi connectivity index (χ4v) is 5.35. The molecule has 2 aliphatic rings. The summed E-state index contributed by atoms with van der Waals surface area (Å²) in [7, 11) is 0. The minimum atomic E-state index is -0.886. The maximum atomic E-state index is 13.1. The van der Waals surface area contributed by atoms with Gasteiger partial charge in [-0.05, 0) is 53.5 Å². The van der Waals surface area contributed by atoms with Crippen molar-refractivity contribution in [3.05, 3.63) is 59.7 Å². The van der Waals surface area contributed by atoms with E-state index < -0.39 is 24.0 Å². The molecular weight excluding hydrogens is 452 g/mol. The Labute approximate surface area is 203 Å². The number of rotatable bonds is 8. The van der Waals surface area contributed by atoms with Crippen LogP contribution in [-0.4, -0.2) is 65.7 Å². The monoisotopic (exact) mass is 482 g/mol. The molecule has 1 heterocycles. The molecule has 180 valence electrons. The zero-order chi connectivity index (χ0) is 24.1. The molecule has 1 fully saturated rings. The zero-order valence-corrected chi connectivity index (χ0v) is 20.1. The highest BCUT2D eigenvalue weighted by Crippen LogP contribution is 2.44. The van der Waals surface area contributed by atoms with Crippen molar-refractivity contribution >= 4 is 29.7 Å². The predicted octanol–water partition coefficient (Wildman–Crippen LogP) is 3.97. The predicted molar refractivity (Wildman–Crippen MR) is 132 cm³/mol. The standard InChI is InChI=1S/C26H30N2O5S/c1-34-14-12-23(24(29)28-13-6-7-17(15-28)25(30)31)27-26(32)33-16-22-20-10-4-2-8-18(20)19-9-3-5-11-21(19)22/h2-5,8-11,17,22-23H,6-7,12-16H2,1H3,(H,27,32)(H,30,31). The van der Waals surface area contributed by atoms with Gasteiger partial charge >= 0.3 is 12.1 Å². The lowest BCUT2D eigenvalue weighted by Crippen LogP contribution is -2.52. The van der Waals surface area contributed by atoms with E-state index in [2.05, 4.69) is 29.6 Å². The van der Waals surface area contributed by atoms with Crippen molar-refractivity contribution in [3.8, 4) is 11.1 Å². The number of ether oxygens (including phenoxy) is 1. The third-order valence-electron chi connectivity index (χ3n) is 6.63. The topological polar surface area (TPSA) is 95.9 Å². The summed E-state index contributed by atoms with van der Waals surface area (Å²) in [6.45, 7) is 0.856. The smallest absolute Gasteiger partial charge is 0.407 e. The molecule has 2 aromatic carbocycles. The third-order valence-corrected chi connectivity index (χ3v) is 7.27. The molecule has 2 N–H and O–H groups in total. The first-order chi connectivity index (χ1) is 16.5. The van der Waals surface area contributed by atoms with Crippen molar-refractivity contribution in [2.45, 2.75) is 31.2 Å². The molecule has 7 nitrogen and oxygen atoms in total. The van der Waals surface area contributed by atoms with E-state index in [1.54, 1.807) is 16.7 Å². The Morgan fingerprint density at radius 1 is 1.12 bits per heavy atom. The molecule has 2 atom stereocenters. The first-order valence-corrected chi connectivity index (χ1v) is 13.0. The summed E-state index contributed by atoms with van der Waals surface area (Å²) in [5, 5.41) is 12.1. The zero-order valence-electron chi connectivity index (χ0n) is 19.2. The maximum absolute atomic E-state index is 13.1. The molecule has 1 aliphatic heterocycles. The lowest BCUT2D eigenvalue weighted by molar-refractivity contribution is -0.146. The van der Waals surface area contributed by atoms with Gasteiger partial charge in [-0.15, -0.1) is 0 Å². The molecule has 2 unspecified atom stereocenters. The van der Waals surface area contributed by atoms with Crippen LogP contribution in [0.1, 0.15) is 36.3 Å². The summed E-state index contributed by atoms with van der Waals surface area (Å²) in [6.07, 6.45) is 2.97. The summed E-state index contributed by atoms with van der Waals surface area (Å²) in [4.78, 5) is 38.9. The van der Waals surface area contributed by atoms with Crippen LogP contribution in [-0.2, 0) is 14.3 Å². The Morgan fingerprint density at radius 3 is 2.38 bits per heavy atom. The number of thioether (sulfide) groups is 1. The van der Waals surface area contributed by atoms with Crippen LogP contribution in [0.5, 0.6) is 0 Å². The minimum absolute atomic E-state index is 0.0584. The number of nitrogens with one attached hydrogen (secondary N) is 1. The van der Waals surface area contributed by atoms with Gasteiger partial charge in [0, 0.05) is 19.0 Å². The van der Waals surface area contributed by atoms with Crippen molar-refractivity contribution in [3.63, 3.8) is 0 Å². The molecule has 1 aliphatic carbocycles. The molecule has 4 rings (SSSR count). The second-order valence-electron chi connectivity index (χ2n) is 8.77. The average molecular weight is 483 g/mol. The van der Waals surface area contributed by atoms with Crippen LogP contribution in [0.4, 0.5) is 4.79 Å². The van der Waals surface area contributed by atoms with Gasteiger partial charge in [-0.2, -0.15) is 11.8 Å². The number of nitrogens with zero attached hydrogens (tertiary/aromatic N) is 1. The molecule has 0 bridgehead atoms. The van der Waals surface area contributed by atoms with Crippen LogP contribution in [0, 0.1) is 5.92 Å². The van der Waals surface area contributed by atoms with E-state index in [-0.39, 0.29) is 25.0 Å². The first-order valence-electron chi connectivity index (χ1n) is 11.6. The van der Waals surface area contributed by atoms with Crippen LogP contribution in [0.2, 0.25) is 0 Å². The third kappa shape index (κ3) is 5.22. The number of carboxylic acid groups (broad SMARTS) is 1. The van der Waals surface area contributed by atoms with Gasteiger partial charge in [-0.3, -0.25) is 9.59 Å². The highest BCUT2D eigenvalue weighted by Gasteiger charge is 2.33. The summed E-state index contributed by atoms with van der Waals surface area (Å²) >= 11 is 1.59. The molecule has 34 heavy (non-hydrogen) atoms. The summed E-state index contributed by atoms with van der Waals surface area (Å²) in [5.74, 6) is -1.06. The SMILES string of the molecule is CSCCC(NC(=O)OCC1c2ccccc2-c2ccccc21)C(=O)N1CCCC(C(=O)O)C1. The van der Waals surface area contributed by atoms with Crippen molar-refractivity contribution in [1.29, 1.82) is 0 Å². The highest BCUT2D eigenvalue weighted by molar-refractivity contribution is 7.98. The van der Waals surface area contributed by atoms with E-state index in [0.717, 1.165) is 22.3 Å². The van der Waals surface area contributed by atoms with E-state index in [4.69, 9.17) is 4.74 Å². The minimum Gasteiger partial charge on any atom is -0.481 e. The number of hydrogen-bond acceptors (Lipinski definition) is 5. The quantitative estimate of drug-likeness (QED) is 0.591. The van der Waals surface area contributed by atoms with Gasteiger partial charge in [0.1, 0.15) is 12.6 Å². The number of carbonyl (C=O) groups excluding carboxylic acids is 2. The first kappa shape index (κ1) is 24.1.